The second kappa shape index (κ2) is 6.57. The topological polar surface area (TPSA) is 55.8 Å². The van der Waals surface area contributed by atoms with Crippen molar-refractivity contribution in [3.8, 4) is 5.75 Å². The third-order valence-electron chi connectivity index (χ3n) is 4.29. The van der Waals surface area contributed by atoms with E-state index in [4.69, 9.17) is 32.7 Å². The van der Waals surface area contributed by atoms with Gasteiger partial charge in [0.2, 0.25) is 0 Å². The van der Waals surface area contributed by atoms with Crippen LogP contribution in [0.1, 0.15) is 29.6 Å². The smallest absolute Gasteiger partial charge is 0.409 e. The highest BCUT2D eigenvalue weighted by molar-refractivity contribution is 6.31. The average molecular weight is 358 g/mol. The van der Waals surface area contributed by atoms with Crippen molar-refractivity contribution in [2.75, 3.05) is 25.6 Å². The largest absolute Gasteiger partial charge is 0.486 e. The van der Waals surface area contributed by atoms with E-state index in [0.29, 0.717) is 48.7 Å². The van der Waals surface area contributed by atoms with Crippen LogP contribution >= 0.6 is 23.2 Å². The summed E-state index contributed by atoms with van der Waals surface area (Å²) in [4.78, 5) is 25.9. The molecule has 1 aromatic carbocycles. The Labute approximate surface area is 144 Å². The molecule has 1 spiro atoms. The second-order valence-corrected chi connectivity index (χ2v) is 6.63. The summed E-state index contributed by atoms with van der Waals surface area (Å²) in [7, 11) is 0. The molecule has 7 heteroatoms. The van der Waals surface area contributed by atoms with Gasteiger partial charge in [0, 0.05) is 31.0 Å². The van der Waals surface area contributed by atoms with Crippen molar-refractivity contribution in [1.29, 1.82) is 0 Å². The summed E-state index contributed by atoms with van der Waals surface area (Å²) in [6.07, 6.45) is 1.13. The number of hydrogen-bond donors (Lipinski definition) is 0. The summed E-state index contributed by atoms with van der Waals surface area (Å²) in [6, 6.07) is 5.09. The number of piperidine rings is 1. The molecule has 0 N–H and O–H groups in total. The van der Waals surface area contributed by atoms with Crippen molar-refractivity contribution < 1.29 is 19.1 Å². The number of likely N-dealkylation sites (tertiary alicyclic amines) is 1. The van der Waals surface area contributed by atoms with Gasteiger partial charge in [-0.25, -0.2) is 4.79 Å². The summed E-state index contributed by atoms with van der Waals surface area (Å²) < 4.78 is 11.1. The highest BCUT2D eigenvalue weighted by atomic mass is 35.5. The van der Waals surface area contributed by atoms with E-state index in [0.717, 1.165) is 0 Å². The van der Waals surface area contributed by atoms with Crippen molar-refractivity contribution in [3.63, 3.8) is 0 Å². The van der Waals surface area contributed by atoms with Gasteiger partial charge in [0.05, 0.1) is 17.9 Å². The zero-order valence-corrected chi connectivity index (χ0v) is 14.0. The third-order valence-corrected chi connectivity index (χ3v) is 4.68. The molecule has 0 unspecified atom stereocenters. The molecule has 124 valence electrons. The molecule has 0 radical (unpaired) electrons. The van der Waals surface area contributed by atoms with Gasteiger partial charge in [0.25, 0.3) is 0 Å². The lowest BCUT2D eigenvalue weighted by atomic mass is 9.82. The minimum absolute atomic E-state index is 0.0342. The van der Waals surface area contributed by atoms with Gasteiger partial charge in [-0.2, -0.15) is 0 Å². The lowest BCUT2D eigenvalue weighted by Gasteiger charge is -2.43. The zero-order valence-electron chi connectivity index (χ0n) is 12.5. The molecule has 23 heavy (non-hydrogen) atoms. The lowest BCUT2D eigenvalue weighted by molar-refractivity contribution is -0.00853. The van der Waals surface area contributed by atoms with Crippen LogP contribution in [0.25, 0.3) is 0 Å². The van der Waals surface area contributed by atoms with E-state index in [9.17, 15) is 9.59 Å². The fraction of sp³-hybridized carbons (Fsp3) is 0.500. The molecule has 1 saturated heterocycles. The Kier molecular flexibility index (Phi) is 4.69. The first-order valence-electron chi connectivity index (χ1n) is 7.52. The zero-order chi connectivity index (χ0) is 16.4. The number of benzene rings is 1. The van der Waals surface area contributed by atoms with Gasteiger partial charge >= 0.3 is 6.09 Å². The SMILES string of the molecule is O=C1CC2(CCN(C(=O)OCCCl)CC2)Oc2ccc(Cl)cc21. The van der Waals surface area contributed by atoms with Crippen LogP contribution in [0.5, 0.6) is 5.75 Å². The van der Waals surface area contributed by atoms with Crippen LogP contribution in [0, 0.1) is 0 Å². The lowest BCUT2D eigenvalue weighted by Crippen LogP contribution is -2.52. The number of carbonyl (C=O) groups excluding carboxylic acids is 2. The van der Waals surface area contributed by atoms with E-state index in [-0.39, 0.29) is 24.4 Å². The summed E-state index contributed by atoms with van der Waals surface area (Å²) in [5.41, 5.74) is -0.00617. The molecule has 0 saturated carbocycles. The molecule has 1 fully saturated rings. The Morgan fingerprint density at radius 2 is 2.09 bits per heavy atom. The van der Waals surface area contributed by atoms with Gasteiger partial charge in [-0.1, -0.05) is 11.6 Å². The molecule has 2 aliphatic rings. The normalized spacial score (nSPS) is 19.2. The van der Waals surface area contributed by atoms with Gasteiger partial charge in [-0.05, 0) is 18.2 Å². The predicted octanol–water partition coefficient (Wildman–Crippen LogP) is 3.52. The number of Topliss-reactive ketones (excluding diaryl/α,β-unsaturated/α-hetero) is 1. The van der Waals surface area contributed by atoms with Gasteiger partial charge in [-0.15, -0.1) is 11.6 Å². The van der Waals surface area contributed by atoms with Gasteiger partial charge in [0.1, 0.15) is 18.0 Å². The molecule has 0 aromatic heterocycles. The first kappa shape index (κ1) is 16.4. The van der Waals surface area contributed by atoms with E-state index in [1.165, 1.54) is 0 Å². The monoisotopic (exact) mass is 357 g/mol. The predicted molar refractivity (Wildman–Crippen MR) is 86.6 cm³/mol. The average Bonchev–Trinajstić information content (AvgIpc) is 2.54. The molecule has 2 aliphatic heterocycles. The fourth-order valence-electron chi connectivity index (χ4n) is 3.06. The van der Waals surface area contributed by atoms with Gasteiger partial charge in [0.15, 0.2) is 5.78 Å². The molecule has 0 atom stereocenters. The van der Waals surface area contributed by atoms with Crippen molar-refractivity contribution in [3.05, 3.63) is 28.8 Å². The minimum atomic E-state index is -0.540. The van der Waals surface area contributed by atoms with Crippen LogP contribution < -0.4 is 4.74 Å². The Bertz CT molecular complexity index is 627. The maximum absolute atomic E-state index is 12.4. The number of ether oxygens (including phenoxy) is 2. The number of carbonyl (C=O) groups is 2. The van der Waals surface area contributed by atoms with E-state index in [2.05, 4.69) is 0 Å². The Morgan fingerprint density at radius 3 is 2.78 bits per heavy atom. The first-order valence-corrected chi connectivity index (χ1v) is 8.44. The summed E-state index contributed by atoms with van der Waals surface area (Å²) in [5, 5.41) is 0.522. The standard InChI is InChI=1S/C16H17Cl2NO4/c17-5-8-22-15(21)19-6-3-16(4-7-19)10-13(20)12-9-11(18)1-2-14(12)23-16/h1-2,9H,3-8,10H2. The number of halogens is 2. The Balaban J connectivity index is 1.68. The molecule has 1 aromatic rings. The summed E-state index contributed by atoms with van der Waals surface area (Å²) in [6.45, 7) is 1.19. The van der Waals surface area contributed by atoms with Crippen LogP contribution in [0.4, 0.5) is 4.79 Å². The first-order chi connectivity index (χ1) is 11.0. The number of fused-ring (bicyclic) bond motifs is 1. The number of ketones is 1. The van der Waals surface area contributed by atoms with Gasteiger partial charge < -0.3 is 14.4 Å². The number of rotatable bonds is 2. The quantitative estimate of drug-likeness (QED) is 0.760. The van der Waals surface area contributed by atoms with Crippen LogP contribution in [0.3, 0.4) is 0 Å². The maximum atomic E-state index is 12.4. The Hall–Kier alpha value is -1.46. The summed E-state index contributed by atoms with van der Waals surface area (Å²) >= 11 is 11.5. The van der Waals surface area contributed by atoms with E-state index in [1.807, 2.05) is 0 Å². The van der Waals surface area contributed by atoms with Crippen LogP contribution in [-0.4, -0.2) is 48.0 Å². The molecule has 2 heterocycles. The van der Waals surface area contributed by atoms with Crippen molar-refractivity contribution >= 4 is 35.1 Å². The van der Waals surface area contributed by atoms with E-state index < -0.39 is 5.60 Å². The van der Waals surface area contributed by atoms with Crippen molar-refractivity contribution in [1.82, 2.24) is 4.90 Å². The minimum Gasteiger partial charge on any atom is -0.486 e. The van der Waals surface area contributed by atoms with Crippen LogP contribution in [-0.2, 0) is 4.74 Å². The molecule has 1 amide bonds. The van der Waals surface area contributed by atoms with Crippen LogP contribution in [0.15, 0.2) is 18.2 Å². The van der Waals surface area contributed by atoms with Crippen LogP contribution in [0.2, 0.25) is 5.02 Å². The number of hydrogen-bond acceptors (Lipinski definition) is 4. The molecular weight excluding hydrogens is 341 g/mol. The maximum Gasteiger partial charge on any atom is 0.409 e. The molecule has 5 nitrogen and oxygen atoms in total. The van der Waals surface area contributed by atoms with E-state index in [1.54, 1.807) is 23.1 Å². The summed E-state index contributed by atoms with van der Waals surface area (Å²) in [5.74, 6) is 0.885. The highest BCUT2D eigenvalue weighted by Gasteiger charge is 2.43. The third kappa shape index (κ3) is 3.40. The molecule has 3 rings (SSSR count). The highest BCUT2D eigenvalue weighted by Crippen LogP contribution is 2.40. The van der Waals surface area contributed by atoms with Crippen molar-refractivity contribution in [2.45, 2.75) is 24.9 Å². The number of nitrogens with zero attached hydrogens (tertiary/aromatic N) is 1. The molecule has 0 aliphatic carbocycles. The Morgan fingerprint density at radius 1 is 1.35 bits per heavy atom. The molecule has 0 bridgehead atoms. The molecular formula is C16H17Cl2NO4. The second-order valence-electron chi connectivity index (χ2n) is 5.82. The number of alkyl halides is 1. The fourth-order valence-corrected chi connectivity index (χ4v) is 3.31. The van der Waals surface area contributed by atoms with E-state index >= 15 is 0 Å². The van der Waals surface area contributed by atoms with Gasteiger partial charge in [-0.3, -0.25) is 4.79 Å². The van der Waals surface area contributed by atoms with Crippen molar-refractivity contribution in [2.24, 2.45) is 0 Å². The number of amides is 1.